The van der Waals surface area contributed by atoms with Gasteiger partial charge in [0.25, 0.3) is 10.0 Å². The zero-order valence-electron chi connectivity index (χ0n) is 11.5. The zero-order chi connectivity index (χ0) is 14.6. The van der Waals surface area contributed by atoms with E-state index in [1.807, 2.05) is 6.92 Å². The Morgan fingerprint density at radius 2 is 2.05 bits per heavy atom. The van der Waals surface area contributed by atoms with Gasteiger partial charge in [-0.25, -0.2) is 12.7 Å². The van der Waals surface area contributed by atoms with Crippen LogP contribution in [0.1, 0.15) is 12.7 Å². The third-order valence-electron chi connectivity index (χ3n) is 2.48. The Morgan fingerprint density at radius 3 is 2.58 bits per heavy atom. The SMILES string of the molecule is CC(CS(C)=O)NCc1ccc(S(=O)(=O)N(C)C)o1. The molecule has 0 aromatic carbocycles. The molecule has 2 unspecified atom stereocenters. The Labute approximate surface area is 116 Å². The van der Waals surface area contributed by atoms with Crippen molar-refractivity contribution in [3.05, 3.63) is 17.9 Å². The maximum atomic E-state index is 11.8. The van der Waals surface area contributed by atoms with Crippen LogP contribution in [0.3, 0.4) is 0 Å². The van der Waals surface area contributed by atoms with E-state index in [9.17, 15) is 12.6 Å². The van der Waals surface area contributed by atoms with Crippen molar-refractivity contribution in [3.63, 3.8) is 0 Å². The van der Waals surface area contributed by atoms with Gasteiger partial charge in [-0.3, -0.25) is 4.21 Å². The zero-order valence-corrected chi connectivity index (χ0v) is 13.2. The van der Waals surface area contributed by atoms with Crippen LogP contribution in [-0.2, 0) is 27.4 Å². The summed E-state index contributed by atoms with van der Waals surface area (Å²) in [5, 5.41) is 3.06. The highest BCUT2D eigenvalue weighted by Crippen LogP contribution is 2.16. The Morgan fingerprint density at radius 1 is 1.42 bits per heavy atom. The first-order valence-corrected chi connectivity index (χ1v) is 8.95. The lowest BCUT2D eigenvalue weighted by Gasteiger charge is -2.11. The Kier molecular flexibility index (Phi) is 5.72. The number of furan rings is 1. The lowest BCUT2D eigenvalue weighted by molar-refractivity contribution is 0.384. The van der Waals surface area contributed by atoms with Crippen molar-refractivity contribution in [2.45, 2.75) is 24.6 Å². The van der Waals surface area contributed by atoms with Crippen molar-refractivity contribution in [3.8, 4) is 0 Å². The third kappa shape index (κ3) is 4.72. The van der Waals surface area contributed by atoms with Gasteiger partial charge < -0.3 is 9.73 Å². The largest absolute Gasteiger partial charge is 0.447 e. The molecule has 1 heterocycles. The lowest BCUT2D eigenvalue weighted by Crippen LogP contribution is -2.30. The molecule has 2 atom stereocenters. The predicted octanol–water partition coefficient (Wildman–Crippen LogP) is 0.387. The number of hydrogen-bond acceptors (Lipinski definition) is 5. The van der Waals surface area contributed by atoms with Gasteiger partial charge in [-0.15, -0.1) is 0 Å². The van der Waals surface area contributed by atoms with E-state index in [1.54, 1.807) is 12.3 Å². The van der Waals surface area contributed by atoms with Gasteiger partial charge in [0.1, 0.15) is 5.76 Å². The molecule has 0 bridgehead atoms. The molecule has 0 saturated carbocycles. The summed E-state index contributed by atoms with van der Waals surface area (Å²) in [4.78, 5) is 0. The second-order valence-electron chi connectivity index (χ2n) is 4.53. The van der Waals surface area contributed by atoms with Crippen LogP contribution in [0.25, 0.3) is 0 Å². The van der Waals surface area contributed by atoms with Crippen molar-refractivity contribution >= 4 is 20.8 Å². The molecule has 0 spiro atoms. The fourth-order valence-electron chi connectivity index (χ4n) is 1.46. The summed E-state index contributed by atoms with van der Waals surface area (Å²) in [6.07, 6.45) is 1.65. The second-order valence-corrected chi connectivity index (χ2v) is 8.09. The van der Waals surface area contributed by atoms with Crippen LogP contribution in [0.15, 0.2) is 21.6 Å². The van der Waals surface area contributed by atoms with Crippen LogP contribution in [0.4, 0.5) is 0 Å². The van der Waals surface area contributed by atoms with Gasteiger partial charge in [0.2, 0.25) is 5.09 Å². The van der Waals surface area contributed by atoms with Gasteiger partial charge in [0.05, 0.1) is 6.54 Å². The van der Waals surface area contributed by atoms with Gasteiger partial charge >= 0.3 is 0 Å². The molecule has 0 amide bonds. The van der Waals surface area contributed by atoms with Crippen LogP contribution in [-0.4, -0.2) is 49.1 Å². The molecule has 6 nitrogen and oxygen atoms in total. The maximum absolute atomic E-state index is 11.8. The smallest absolute Gasteiger partial charge is 0.275 e. The minimum Gasteiger partial charge on any atom is -0.447 e. The van der Waals surface area contributed by atoms with Crippen molar-refractivity contribution in [1.29, 1.82) is 0 Å². The quantitative estimate of drug-likeness (QED) is 0.788. The molecule has 1 aromatic heterocycles. The maximum Gasteiger partial charge on any atom is 0.275 e. The van der Waals surface area contributed by atoms with Crippen molar-refractivity contribution in [1.82, 2.24) is 9.62 Å². The Hall–Kier alpha value is -0.700. The summed E-state index contributed by atoms with van der Waals surface area (Å²) in [6.45, 7) is 2.32. The number of hydrogen-bond donors (Lipinski definition) is 1. The van der Waals surface area contributed by atoms with Gasteiger partial charge in [-0.2, -0.15) is 0 Å². The Balaban J connectivity index is 2.64. The molecule has 0 saturated heterocycles. The molecular weight excluding hydrogens is 288 g/mol. The minimum atomic E-state index is -3.52. The van der Waals surface area contributed by atoms with Gasteiger partial charge in [-0.05, 0) is 19.1 Å². The first-order valence-electron chi connectivity index (χ1n) is 5.78. The van der Waals surface area contributed by atoms with Crippen LogP contribution in [0.2, 0.25) is 0 Å². The standard InChI is InChI=1S/C11H20N2O4S2/c1-9(8-18(4)14)12-7-10-5-6-11(17-10)19(15,16)13(2)3/h5-6,9,12H,7-8H2,1-4H3. The Bertz CT molecular complexity index is 537. The molecule has 0 radical (unpaired) electrons. The van der Waals surface area contributed by atoms with E-state index in [-0.39, 0.29) is 11.1 Å². The summed E-state index contributed by atoms with van der Waals surface area (Å²) in [6, 6.07) is 3.14. The minimum absolute atomic E-state index is 0.0685. The predicted molar refractivity (Wildman–Crippen MR) is 74.8 cm³/mol. The summed E-state index contributed by atoms with van der Waals surface area (Å²) in [7, 11) is -1.48. The van der Waals surface area contributed by atoms with E-state index < -0.39 is 20.8 Å². The average molecular weight is 308 g/mol. The monoisotopic (exact) mass is 308 g/mol. The lowest BCUT2D eigenvalue weighted by atomic mass is 10.3. The summed E-state index contributed by atoms with van der Waals surface area (Å²) in [5.41, 5.74) is 0. The summed E-state index contributed by atoms with van der Waals surface area (Å²) >= 11 is 0. The van der Waals surface area contributed by atoms with Crippen molar-refractivity contribution in [2.75, 3.05) is 26.1 Å². The van der Waals surface area contributed by atoms with Crippen molar-refractivity contribution in [2.24, 2.45) is 0 Å². The molecule has 1 rings (SSSR count). The molecule has 1 N–H and O–H groups in total. The van der Waals surface area contributed by atoms with Crippen LogP contribution in [0, 0.1) is 0 Å². The van der Waals surface area contributed by atoms with Gasteiger partial charge in [0, 0.05) is 42.9 Å². The molecule has 0 aliphatic carbocycles. The van der Waals surface area contributed by atoms with E-state index in [0.29, 0.717) is 18.1 Å². The molecule has 110 valence electrons. The van der Waals surface area contributed by atoms with Crippen molar-refractivity contribution < 1.29 is 17.0 Å². The summed E-state index contributed by atoms with van der Waals surface area (Å²) < 4.78 is 41.0. The number of sulfonamides is 1. The fourth-order valence-corrected chi connectivity index (χ4v) is 3.09. The van der Waals surface area contributed by atoms with Crippen LogP contribution < -0.4 is 5.32 Å². The number of nitrogens with one attached hydrogen (secondary N) is 1. The molecule has 19 heavy (non-hydrogen) atoms. The van der Waals surface area contributed by atoms with Gasteiger partial charge in [-0.1, -0.05) is 0 Å². The van der Waals surface area contributed by atoms with E-state index in [4.69, 9.17) is 4.42 Å². The van der Waals surface area contributed by atoms with E-state index >= 15 is 0 Å². The number of rotatable bonds is 7. The first kappa shape index (κ1) is 16.4. The highest BCUT2D eigenvalue weighted by atomic mass is 32.2. The summed E-state index contributed by atoms with van der Waals surface area (Å²) in [5.74, 6) is 1.08. The molecule has 0 aliphatic heterocycles. The van der Waals surface area contributed by atoms with Crippen LogP contribution >= 0.6 is 0 Å². The third-order valence-corrected chi connectivity index (χ3v) is 5.14. The first-order chi connectivity index (χ1) is 8.73. The fraction of sp³-hybridized carbons (Fsp3) is 0.636. The molecular formula is C11H20N2O4S2. The second kappa shape index (κ2) is 6.65. The molecule has 0 aliphatic rings. The normalized spacial score (nSPS) is 15.6. The molecule has 1 aromatic rings. The molecule has 0 fully saturated rings. The van der Waals surface area contributed by atoms with Gasteiger partial charge in [0.15, 0.2) is 0 Å². The average Bonchev–Trinajstić information content (AvgIpc) is 2.74. The van der Waals surface area contributed by atoms with E-state index in [2.05, 4.69) is 5.32 Å². The number of nitrogens with zero attached hydrogens (tertiary/aromatic N) is 1. The van der Waals surface area contributed by atoms with E-state index in [0.717, 1.165) is 4.31 Å². The van der Waals surface area contributed by atoms with E-state index in [1.165, 1.54) is 20.2 Å². The van der Waals surface area contributed by atoms with Crippen LogP contribution in [0.5, 0.6) is 0 Å². The highest BCUT2D eigenvalue weighted by molar-refractivity contribution is 7.89. The topological polar surface area (TPSA) is 79.6 Å². The molecule has 8 heteroatoms. The highest BCUT2D eigenvalue weighted by Gasteiger charge is 2.21.